The molecule has 1 fully saturated rings. The number of rotatable bonds is 6. The fourth-order valence-corrected chi connectivity index (χ4v) is 2.85. The van der Waals surface area contributed by atoms with Crippen molar-refractivity contribution in [3.63, 3.8) is 0 Å². The molecule has 1 rings (SSSR count). The molecule has 1 aliphatic heterocycles. The van der Waals surface area contributed by atoms with Crippen molar-refractivity contribution < 1.29 is 13.2 Å². The molecular weight excluding hydrogens is 240 g/mol. The van der Waals surface area contributed by atoms with Crippen LogP contribution in [0.1, 0.15) is 13.8 Å². The first kappa shape index (κ1) is 14.9. The second kappa shape index (κ2) is 6.68. The molecule has 6 heteroatoms. The van der Waals surface area contributed by atoms with Gasteiger partial charge in [-0.3, -0.25) is 4.90 Å². The van der Waals surface area contributed by atoms with E-state index >= 15 is 0 Å². The summed E-state index contributed by atoms with van der Waals surface area (Å²) in [6.45, 7) is 7.11. The highest BCUT2D eigenvalue weighted by molar-refractivity contribution is 7.92. The number of nitrogens with one attached hydrogen (secondary N) is 1. The van der Waals surface area contributed by atoms with Crippen molar-refractivity contribution >= 4 is 9.84 Å². The van der Waals surface area contributed by atoms with Gasteiger partial charge >= 0.3 is 0 Å². The van der Waals surface area contributed by atoms with Gasteiger partial charge in [0.15, 0.2) is 9.84 Å². The lowest BCUT2D eigenvalue weighted by atomic mass is 10.2. The summed E-state index contributed by atoms with van der Waals surface area (Å²) in [5, 5.41) is 2.83. The SMILES string of the molecule is CNCC1COCCN1CCS(=O)(=O)C(C)C. The molecule has 0 amide bonds. The van der Waals surface area contributed by atoms with Crippen molar-refractivity contribution in [3.05, 3.63) is 0 Å². The summed E-state index contributed by atoms with van der Waals surface area (Å²) < 4.78 is 28.9. The van der Waals surface area contributed by atoms with E-state index in [4.69, 9.17) is 4.74 Å². The first-order valence-electron chi connectivity index (χ1n) is 6.15. The van der Waals surface area contributed by atoms with Crippen LogP contribution in [0.3, 0.4) is 0 Å². The maximum absolute atomic E-state index is 11.8. The molecule has 0 aromatic rings. The van der Waals surface area contributed by atoms with Crippen LogP contribution >= 0.6 is 0 Å². The highest BCUT2D eigenvalue weighted by atomic mass is 32.2. The summed E-state index contributed by atoms with van der Waals surface area (Å²) in [6.07, 6.45) is 0. The van der Waals surface area contributed by atoms with E-state index in [0.29, 0.717) is 19.8 Å². The van der Waals surface area contributed by atoms with E-state index in [-0.39, 0.29) is 17.0 Å². The fraction of sp³-hybridized carbons (Fsp3) is 1.00. The second-order valence-corrected chi connectivity index (χ2v) is 7.41. The minimum absolute atomic E-state index is 0.241. The highest BCUT2D eigenvalue weighted by Gasteiger charge is 2.24. The molecule has 0 radical (unpaired) electrons. The summed E-state index contributed by atoms with van der Waals surface area (Å²) in [7, 11) is -1.04. The average molecular weight is 264 g/mol. The molecule has 1 unspecified atom stereocenters. The van der Waals surface area contributed by atoms with Crippen LogP contribution in [0.4, 0.5) is 0 Å². The zero-order chi connectivity index (χ0) is 12.9. The number of hydrogen-bond donors (Lipinski definition) is 1. The Hall–Kier alpha value is -0.170. The molecule has 0 aromatic carbocycles. The van der Waals surface area contributed by atoms with E-state index in [1.165, 1.54) is 0 Å². The summed E-state index contributed by atoms with van der Waals surface area (Å²) >= 11 is 0. The lowest BCUT2D eigenvalue weighted by molar-refractivity contribution is -0.00315. The van der Waals surface area contributed by atoms with Crippen molar-refractivity contribution in [3.8, 4) is 0 Å². The van der Waals surface area contributed by atoms with Crippen LogP contribution in [0.5, 0.6) is 0 Å². The first-order chi connectivity index (χ1) is 7.97. The molecule has 102 valence electrons. The largest absolute Gasteiger partial charge is 0.378 e. The van der Waals surface area contributed by atoms with Crippen molar-refractivity contribution in [2.75, 3.05) is 45.6 Å². The maximum atomic E-state index is 11.8. The molecule has 5 nitrogen and oxygen atoms in total. The summed E-state index contributed by atoms with van der Waals surface area (Å²) in [5.74, 6) is 0.241. The molecule has 0 aromatic heterocycles. The van der Waals surface area contributed by atoms with E-state index in [1.807, 2.05) is 7.05 Å². The molecule has 17 heavy (non-hydrogen) atoms. The van der Waals surface area contributed by atoms with Gasteiger partial charge in [0.05, 0.1) is 24.2 Å². The van der Waals surface area contributed by atoms with Crippen LogP contribution in [0.15, 0.2) is 0 Å². The zero-order valence-electron chi connectivity index (χ0n) is 11.0. The molecule has 1 aliphatic rings. The van der Waals surface area contributed by atoms with E-state index in [0.717, 1.165) is 13.1 Å². The molecular formula is C11H24N2O3S. The van der Waals surface area contributed by atoms with Crippen molar-refractivity contribution in [1.29, 1.82) is 0 Å². The third kappa shape index (κ3) is 4.54. The van der Waals surface area contributed by atoms with E-state index in [1.54, 1.807) is 13.8 Å². The zero-order valence-corrected chi connectivity index (χ0v) is 11.8. The minimum atomic E-state index is -2.94. The third-order valence-electron chi connectivity index (χ3n) is 3.17. The normalized spacial score (nSPS) is 23.2. The quantitative estimate of drug-likeness (QED) is 0.716. The number of likely N-dealkylation sites (N-methyl/N-ethyl adjacent to an activating group) is 1. The van der Waals surface area contributed by atoms with E-state index < -0.39 is 9.84 Å². The van der Waals surface area contributed by atoms with Gasteiger partial charge < -0.3 is 10.1 Å². The minimum Gasteiger partial charge on any atom is -0.378 e. The number of ether oxygens (including phenoxy) is 1. The van der Waals surface area contributed by atoms with Crippen LogP contribution in [-0.4, -0.2) is 70.3 Å². The summed E-state index contributed by atoms with van der Waals surface area (Å²) in [6, 6.07) is 0.288. The smallest absolute Gasteiger partial charge is 0.153 e. The topological polar surface area (TPSA) is 58.6 Å². The molecule has 0 spiro atoms. The van der Waals surface area contributed by atoms with Gasteiger partial charge in [-0.25, -0.2) is 8.42 Å². The van der Waals surface area contributed by atoms with Gasteiger partial charge in [-0.05, 0) is 20.9 Å². The van der Waals surface area contributed by atoms with E-state index in [2.05, 4.69) is 10.2 Å². The van der Waals surface area contributed by atoms with Crippen LogP contribution in [0, 0.1) is 0 Å². The monoisotopic (exact) mass is 264 g/mol. The van der Waals surface area contributed by atoms with Gasteiger partial charge in [0, 0.05) is 25.7 Å². The predicted molar refractivity (Wildman–Crippen MR) is 69.0 cm³/mol. The Morgan fingerprint density at radius 3 is 2.76 bits per heavy atom. The maximum Gasteiger partial charge on any atom is 0.153 e. The Morgan fingerprint density at radius 2 is 2.18 bits per heavy atom. The van der Waals surface area contributed by atoms with Gasteiger partial charge in [-0.15, -0.1) is 0 Å². The highest BCUT2D eigenvalue weighted by Crippen LogP contribution is 2.08. The summed E-state index contributed by atoms with van der Waals surface area (Å²) in [4.78, 5) is 2.21. The van der Waals surface area contributed by atoms with Crippen molar-refractivity contribution in [2.24, 2.45) is 0 Å². The van der Waals surface area contributed by atoms with Crippen LogP contribution in [-0.2, 0) is 14.6 Å². The van der Waals surface area contributed by atoms with Crippen LogP contribution in [0.25, 0.3) is 0 Å². The van der Waals surface area contributed by atoms with E-state index in [9.17, 15) is 8.42 Å². The number of sulfone groups is 1. The lowest BCUT2D eigenvalue weighted by Gasteiger charge is -2.35. The molecule has 1 N–H and O–H groups in total. The van der Waals surface area contributed by atoms with Gasteiger partial charge in [-0.1, -0.05) is 0 Å². The molecule has 0 saturated carbocycles. The average Bonchev–Trinajstić information content (AvgIpc) is 2.28. The van der Waals surface area contributed by atoms with Gasteiger partial charge in [0.25, 0.3) is 0 Å². The number of morpholine rings is 1. The number of hydrogen-bond acceptors (Lipinski definition) is 5. The molecule has 1 saturated heterocycles. The van der Waals surface area contributed by atoms with Crippen LogP contribution < -0.4 is 5.32 Å². The Bertz CT molecular complexity index is 315. The predicted octanol–water partition coefficient (Wildman–Crippen LogP) is -0.270. The Labute approximate surface area is 104 Å². The lowest BCUT2D eigenvalue weighted by Crippen LogP contribution is -2.51. The standard InChI is InChI=1S/C11H24N2O3S/c1-10(2)17(14,15)7-5-13-4-6-16-9-11(13)8-12-3/h10-12H,4-9H2,1-3H3. The van der Waals surface area contributed by atoms with Crippen molar-refractivity contribution in [2.45, 2.75) is 25.1 Å². The summed E-state index contributed by atoms with van der Waals surface area (Å²) in [5.41, 5.74) is 0. The van der Waals surface area contributed by atoms with Crippen LogP contribution in [0.2, 0.25) is 0 Å². The molecule has 0 bridgehead atoms. The fourth-order valence-electron chi connectivity index (χ4n) is 1.89. The number of nitrogens with zero attached hydrogens (tertiary/aromatic N) is 1. The Balaban J connectivity index is 2.48. The van der Waals surface area contributed by atoms with Gasteiger partial charge in [-0.2, -0.15) is 0 Å². The Morgan fingerprint density at radius 1 is 1.47 bits per heavy atom. The van der Waals surface area contributed by atoms with Crippen molar-refractivity contribution in [1.82, 2.24) is 10.2 Å². The third-order valence-corrected chi connectivity index (χ3v) is 5.36. The first-order valence-corrected chi connectivity index (χ1v) is 7.87. The second-order valence-electron chi connectivity index (χ2n) is 4.74. The Kier molecular flexibility index (Phi) is 5.85. The molecule has 1 heterocycles. The van der Waals surface area contributed by atoms with Gasteiger partial charge in [0.2, 0.25) is 0 Å². The molecule has 0 aliphatic carbocycles. The van der Waals surface area contributed by atoms with Gasteiger partial charge in [0.1, 0.15) is 0 Å². The molecule has 1 atom stereocenters.